The van der Waals surface area contributed by atoms with Gasteiger partial charge in [0, 0.05) is 0 Å². The molecule has 0 bridgehead atoms. The number of aromatic nitrogens is 2. The molecule has 5 rings (SSSR count). The highest BCUT2D eigenvalue weighted by Gasteiger charge is 2.52. The van der Waals surface area contributed by atoms with Gasteiger partial charge in [-0.15, -0.1) is 0 Å². The molecule has 202 valence electrons. The number of aliphatic hydroxyl groups is 3. The van der Waals surface area contributed by atoms with Crippen LogP contribution in [-0.4, -0.2) is 66.7 Å². The van der Waals surface area contributed by atoms with E-state index in [1.165, 1.54) is 22.8 Å². The van der Waals surface area contributed by atoms with Crippen molar-refractivity contribution in [1.29, 1.82) is 0 Å². The van der Waals surface area contributed by atoms with Crippen LogP contribution in [0.1, 0.15) is 63.3 Å². The Morgan fingerprint density at radius 2 is 1.79 bits per heavy atom. The van der Waals surface area contributed by atoms with E-state index in [1.54, 1.807) is 25.1 Å². The number of rotatable bonds is 5. The lowest BCUT2D eigenvalue weighted by molar-refractivity contribution is -0.386. The predicted molar refractivity (Wildman–Crippen MR) is 132 cm³/mol. The van der Waals surface area contributed by atoms with E-state index in [2.05, 4.69) is 4.98 Å². The lowest BCUT2D eigenvalue weighted by Gasteiger charge is -2.34. The molecular weight excluding hydrogens is 503 g/mol. The maximum Gasteiger partial charge on any atom is 0.494 e. The standard InChI is InChI=1S/C25H28BF2N3O7/c1-6-16-20-29-15-11-10-13(26-37-23(2,3)24(4,5)38-26)12-17(15)30(20)19-14(21(32)31(16)25(33,34)35)8-7-9-18(19)36-22(27)28/h7-12,16,22,33-35H,6H2,1-5H3. The van der Waals surface area contributed by atoms with E-state index >= 15 is 0 Å². The van der Waals surface area contributed by atoms with E-state index in [-0.39, 0.29) is 29.2 Å². The molecule has 38 heavy (non-hydrogen) atoms. The van der Waals surface area contributed by atoms with Crippen molar-refractivity contribution in [2.75, 3.05) is 0 Å². The number of imidazole rings is 1. The second-order valence-corrected chi connectivity index (χ2v) is 10.4. The fourth-order valence-electron chi connectivity index (χ4n) is 4.91. The summed E-state index contributed by atoms with van der Waals surface area (Å²) in [5.74, 6) is -1.24. The SMILES string of the molecule is CCC1c2nc3ccc(B4OC(C)(C)C(C)(C)O4)cc3n2-c2c(OC(F)F)cccc2C(=O)N1C(O)(O)O. The van der Waals surface area contributed by atoms with Crippen LogP contribution in [0.2, 0.25) is 0 Å². The van der Waals surface area contributed by atoms with Gasteiger partial charge >= 0.3 is 19.8 Å². The summed E-state index contributed by atoms with van der Waals surface area (Å²) in [6.45, 7) is 6.11. The number of carbonyl (C=O) groups is 1. The third-order valence-corrected chi connectivity index (χ3v) is 7.44. The Labute approximate surface area is 217 Å². The van der Waals surface area contributed by atoms with Gasteiger partial charge in [-0.25, -0.2) is 4.98 Å². The summed E-state index contributed by atoms with van der Waals surface area (Å²) in [6, 6.07) is 7.93. The Balaban J connectivity index is 1.80. The van der Waals surface area contributed by atoms with Crippen LogP contribution in [0.5, 0.6) is 5.75 Å². The van der Waals surface area contributed by atoms with Gasteiger partial charge in [0.2, 0.25) is 0 Å². The topological polar surface area (TPSA) is 127 Å². The smallest absolute Gasteiger partial charge is 0.433 e. The number of benzene rings is 2. The molecule has 1 unspecified atom stereocenters. The first kappa shape index (κ1) is 26.5. The van der Waals surface area contributed by atoms with Crippen LogP contribution < -0.4 is 10.2 Å². The van der Waals surface area contributed by atoms with E-state index in [0.29, 0.717) is 21.4 Å². The summed E-state index contributed by atoms with van der Waals surface area (Å²) in [7, 11) is -0.742. The minimum absolute atomic E-state index is 0.0773. The molecule has 13 heteroatoms. The molecule has 1 amide bonds. The highest BCUT2D eigenvalue weighted by molar-refractivity contribution is 6.62. The molecule has 0 aliphatic carbocycles. The van der Waals surface area contributed by atoms with Crippen LogP contribution in [0.4, 0.5) is 8.78 Å². The number of nitrogens with zero attached hydrogens (tertiary/aromatic N) is 3. The van der Waals surface area contributed by atoms with Crippen molar-refractivity contribution in [3.63, 3.8) is 0 Å². The van der Waals surface area contributed by atoms with Gasteiger partial charge in [-0.2, -0.15) is 8.78 Å². The molecular formula is C25H28BF2N3O7. The Morgan fingerprint density at radius 3 is 2.37 bits per heavy atom. The molecule has 2 aromatic carbocycles. The zero-order chi connectivity index (χ0) is 27.8. The average molecular weight is 531 g/mol. The van der Waals surface area contributed by atoms with Crippen molar-refractivity contribution in [2.24, 2.45) is 0 Å². The van der Waals surface area contributed by atoms with E-state index in [1.807, 2.05) is 27.7 Å². The number of alkyl halides is 2. The summed E-state index contributed by atoms with van der Waals surface area (Å²) in [4.78, 5) is 18.6. The van der Waals surface area contributed by atoms with Crippen molar-refractivity contribution in [3.05, 3.63) is 47.8 Å². The number of hydrogen-bond acceptors (Lipinski definition) is 8. The number of amides is 1. The van der Waals surface area contributed by atoms with Crippen molar-refractivity contribution in [3.8, 4) is 11.4 Å². The molecule has 2 aliphatic heterocycles. The number of hydrogen-bond donors (Lipinski definition) is 3. The van der Waals surface area contributed by atoms with Crippen molar-refractivity contribution < 1.29 is 42.9 Å². The largest absolute Gasteiger partial charge is 0.494 e. The number of ether oxygens (including phenoxy) is 1. The van der Waals surface area contributed by atoms with Gasteiger partial charge < -0.3 is 29.4 Å². The molecule has 3 aromatic rings. The third kappa shape index (κ3) is 4.05. The minimum Gasteiger partial charge on any atom is -0.433 e. The zero-order valence-electron chi connectivity index (χ0n) is 21.5. The molecule has 0 radical (unpaired) electrons. The first-order valence-electron chi connectivity index (χ1n) is 12.1. The number of carbonyl (C=O) groups excluding carboxylic acids is 1. The highest BCUT2D eigenvalue weighted by atomic mass is 19.3. The summed E-state index contributed by atoms with van der Waals surface area (Å²) in [6.07, 6.45) is -3.46. The lowest BCUT2D eigenvalue weighted by atomic mass is 9.79. The molecule has 10 nitrogen and oxygen atoms in total. The van der Waals surface area contributed by atoms with Crippen LogP contribution in [0.15, 0.2) is 36.4 Å². The Hall–Kier alpha value is -3.10. The minimum atomic E-state index is -3.56. The quantitative estimate of drug-likeness (QED) is 0.339. The summed E-state index contributed by atoms with van der Waals surface area (Å²) in [5.41, 5.74) is -0.0587. The number of para-hydroxylation sites is 1. The van der Waals surface area contributed by atoms with Crippen LogP contribution in [0.25, 0.3) is 16.7 Å². The van der Waals surface area contributed by atoms with E-state index in [0.717, 1.165) is 0 Å². The van der Waals surface area contributed by atoms with Gasteiger partial charge in [0.1, 0.15) is 11.5 Å². The van der Waals surface area contributed by atoms with Gasteiger partial charge in [-0.05, 0) is 63.8 Å². The van der Waals surface area contributed by atoms with Crippen molar-refractivity contribution in [1.82, 2.24) is 14.5 Å². The normalized spacial score (nSPS) is 20.6. The maximum absolute atomic E-state index is 13.5. The summed E-state index contributed by atoms with van der Waals surface area (Å²) in [5, 5.41) is 30.5. The Bertz CT molecular complexity index is 1400. The summed E-state index contributed by atoms with van der Waals surface area (Å²) >= 11 is 0. The molecule has 0 saturated carbocycles. The maximum atomic E-state index is 13.5. The molecule has 1 saturated heterocycles. The predicted octanol–water partition coefficient (Wildman–Crippen LogP) is 2.42. The first-order valence-corrected chi connectivity index (χ1v) is 12.1. The monoisotopic (exact) mass is 531 g/mol. The van der Waals surface area contributed by atoms with E-state index in [9.17, 15) is 28.9 Å². The highest BCUT2D eigenvalue weighted by Crippen LogP contribution is 2.42. The Morgan fingerprint density at radius 1 is 1.13 bits per heavy atom. The van der Waals surface area contributed by atoms with Gasteiger partial charge in [0.25, 0.3) is 5.91 Å². The molecule has 3 N–H and O–H groups in total. The molecule has 0 spiro atoms. The van der Waals surface area contributed by atoms with Crippen LogP contribution in [-0.2, 0) is 9.31 Å². The van der Waals surface area contributed by atoms with Gasteiger partial charge in [-0.3, -0.25) is 14.3 Å². The van der Waals surface area contributed by atoms with Crippen LogP contribution in [0, 0.1) is 0 Å². The van der Waals surface area contributed by atoms with Gasteiger partial charge in [0.05, 0.1) is 33.8 Å². The number of fused-ring (bicyclic) bond motifs is 5. The van der Waals surface area contributed by atoms with Gasteiger partial charge in [0.15, 0.2) is 5.75 Å². The second kappa shape index (κ2) is 8.71. The first-order chi connectivity index (χ1) is 17.7. The van der Waals surface area contributed by atoms with E-state index < -0.39 is 43.0 Å². The molecule has 1 fully saturated rings. The van der Waals surface area contributed by atoms with E-state index in [4.69, 9.17) is 14.0 Å². The van der Waals surface area contributed by atoms with Crippen LogP contribution in [0.3, 0.4) is 0 Å². The molecule has 1 aromatic heterocycles. The average Bonchev–Trinajstić information content (AvgIpc) is 3.24. The van der Waals surface area contributed by atoms with Crippen molar-refractivity contribution in [2.45, 2.75) is 71.0 Å². The molecule has 3 heterocycles. The lowest BCUT2D eigenvalue weighted by Crippen LogP contribution is -2.53. The number of halogens is 2. The van der Waals surface area contributed by atoms with Gasteiger partial charge in [-0.1, -0.05) is 19.1 Å². The second-order valence-electron chi connectivity index (χ2n) is 10.4. The molecule has 1 atom stereocenters. The van der Waals surface area contributed by atoms with Crippen LogP contribution >= 0.6 is 0 Å². The Kier molecular flexibility index (Phi) is 6.08. The van der Waals surface area contributed by atoms with Crippen molar-refractivity contribution >= 4 is 29.5 Å². The fourth-order valence-corrected chi connectivity index (χ4v) is 4.91. The third-order valence-electron chi connectivity index (χ3n) is 7.44. The fraction of sp³-hybridized carbons (Fsp3) is 0.440. The zero-order valence-corrected chi connectivity index (χ0v) is 21.5. The summed E-state index contributed by atoms with van der Waals surface area (Å²) < 4.78 is 45.5. The molecule has 2 aliphatic rings.